The van der Waals surface area contributed by atoms with Gasteiger partial charge in [-0.25, -0.2) is 0 Å². The number of aliphatic hydroxyl groups excluding tert-OH is 1. The van der Waals surface area contributed by atoms with Gasteiger partial charge in [0.2, 0.25) is 0 Å². The zero-order valence-corrected chi connectivity index (χ0v) is 9.39. The summed E-state index contributed by atoms with van der Waals surface area (Å²) in [5, 5.41) is 17.5. The van der Waals surface area contributed by atoms with Crippen molar-refractivity contribution >= 4 is 0 Å². The number of hydrogen-bond donors (Lipinski definition) is 1. The smallest absolute Gasteiger partial charge is 0.382 e. The second-order valence-corrected chi connectivity index (χ2v) is 3.78. The highest BCUT2D eigenvalue weighted by Gasteiger charge is 2.31. The molecule has 96 valence electrons. The van der Waals surface area contributed by atoms with E-state index in [-0.39, 0.29) is 11.3 Å². The van der Waals surface area contributed by atoms with E-state index >= 15 is 0 Å². The van der Waals surface area contributed by atoms with E-state index in [1.807, 2.05) is 0 Å². The average Bonchev–Trinajstić information content (AvgIpc) is 2.74. The Morgan fingerprint density at radius 1 is 1.33 bits per heavy atom. The molecule has 0 amide bonds. The van der Waals surface area contributed by atoms with Crippen molar-refractivity contribution in [3.63, 3.8) is 0 Å². The fourth-order valence-electron chi connectivity index (χ4n) is 1.54. The van der Waals surface area contributed by atoms with Gasteiger partial charge in [0.05, 0.1) is 11.8 Å². The maximum atomic E-state index is 12.5. The summed E-state index contributed by atoms with van der Waals surface area (Å²) in [7, 11) is 1.56. The molecule has 7 heteroatoms. The van der Waals surface area contributed by atoms with Crippen LogP contribution in [0.5, 0.6) is 0 Å². The summed E-state index contributed by atoms with van der Waals surface area (Å²) in [6.45, 7) is 0. The molecule has 0 radical (unpaired) electrons. The van der Waals surface area contributed by atoms with Crippen LogP contribution in [0.2, 0.25) is 0 Å². The van der Waals surface area contributed by atoms with Crippen LogP contribution in [0.25, 0.3) is 0 Å². The van der Waals surface area contributed by atoms with E-state index in [0.717, 1.165) is 12.1 Å². The number of nitrogens with zero attached hydrogens (tertiary/aromatic N) is 3. The Balaban J connectivity index is 2.34. The molecule has 1 unspecified atom stereocenters. The lowest BCUT2D eigenvalue weighted by molar-refractivity contribution is -0.137. The van der Waals surface area contributed by atoms with Crippen molar-refractivity contribution in [1.29, 1.82) is 0 Å². The summed E-state index contributed by atoms with van der Waals surface area (Å²) >= 11 is 0. The van der Waals surface area contributed by atoms with Gasteiger partial charge in [0, 0.05) is 7.05 Å². The molecule has 0 aliphatic heterocycles. The molecular formula is C11H10F3N3O. The molecular weight excluding hydrogens is 247 g/mol. The number of hydrogen-bond acceptors (Lipinski definition) is 3. The van der Waals surface area contributed by atoms with Gasteiger partial charge >= 0.3 is 6.18 Å². The number of aryl methyl sites for hydroxylation is 1. The first-order chi connectivity index (χ1) is 8.38. The first-order valence-electron chi connectivity index (χ1n) is 5.09. The summed E-state index contributed by atoms with van der Waals surface area (Å²) in [6, 6.07) is 4.51. The number of halogens is 3. The molecule has 1 aromatic carbocycles. The van der Waals surface area contributed by atoms with E-state index in [0.29, 0.717) is 0 Å². The molecule has 1 N–H and O–H groups in total. The lowest BCUT2D eigenvalue weighted by Crippen LogP contribution is -2.08. The first-order valence-corrected chi connectivity index (χ1v) is 5.09. The Morgan fingerprint density at radius 3 is 2.61 bits per heavy atom. The summed E-state index contributed by atoms with van der Waals surface area (Å²) in [6.07, 6.45) is -4.34. The fraction of sp³-hybridized carbons (Fsp3) is 0.273. The van der Waals surface area contributed by atoms with Crippen molar-refractivity contribution in [2.45, 2.75) is 12.3 Å². The molecule has 2 rings (SSSR count). The molecule has 1 atom stereocenters. The lowest BCUT2D eigenvalue weighted by Gasteiger charge is -2.11. The van der Waals surface area contributed by atoms with Gasteiger partial charge in [-0.1, -0.05) is 12.1 Å². The molecule has 0 bridgehead atoms. The number of aliphatic hydroxyl groups is 1. The molecule has 0 spiro atoms. The van der Waals surface area contributed by atoms with E-state index in [2.05, 4.69) is 10.2 Å². The van der Waals surface area contributed by atoms with Crippen molar-refractivity contribution in [2.75, 3.05) is 0 Å². The largest absolute Gasteiger partial charge is 0.416 e. The molecule has 0 saturated carbocycles. The summed E-state index contributed by atoms with van der Waals surface area (Å²) < 4.78 is 37.6. The van der Waals surface area contributed by atoms with Crippen LogP contribution in [0.4, 0.5) is 13.2 Å². The number of rotatable bonds is 2. The SMILES string of the molecule is Cn1ncc(C(O)c2cccc(C(F)(F)F)c2)n1. The monoisotopic (exact) mass is 257 g/mol. The summed E-state index contributed by atoms with van der Waals surface area (Å²) in [4.78, 5) is 1.23. The van der Waals surface area contributed by atoms with Crippen LogP contribution in [0.15, 0.2) is 30.5 Å². The third kappa shape index (κ3) is 2.51. The molecule has 18 heavy (non-hydrogen) atoms. The average molecular weight is 257 g/mol. The third-order valence-electron chi connectivity index (χ3n) is 2.43. The quantitative estimate of drug-likeness (QED) is 0.894. The molecule has 0 saturated heterocycles. The molecule has 0 fully saturated rings. The van der Waals surface area contributed by atoms with Crippen LogP contribution in [0.3, 0.4) is 0 Å². The summed E-state index contributed by atoms with van der Waals surface area (Å²) in [5.41, 5.74) is -0.468. The van der Waals surface area contributed by atoms with Gasteiger partial charge < -0.3 is 5.11 Å². The normalized spacial score (nSPS) is 13.6. The van der Waals surface area contributed by atoms with Crippen LogP contribution in [0.1, 0.15) is 22.9 Å². The number of aromatic nitrogens is 3. The minimum atomic E-state index is -4.43. The summed E-state index contributed by atoms with van der Waals surface area (Å²) in [5.74, 6) is 0. The van der Waals surface area contributed by atoms with Crippen molar-refractivity contribution in [1.82, 2.24) is 15.0 Å². The van der Waals surface area contributed by atoms with E-state index in [9.17, 15) is 18.3 Å². The zero-order valence-electron chi connectivity index (χ0n) is 9.39. The standard InChI is InChI=1S/C11H10F3N3O/c1-17-15-6-9(16-17)10(18)7-3-2-4-8(5-7)11(12,13)14/h2-6,10,18H,1H3. The van der Waals surface area contributed by atoms with Gasteiger partial charge in [-0.15, -0.1) is 0 Å². The van der Waals surface area contributed by atoms with Crippen molar-refractivity contribution in [3.05, 3.63) is 47.3 Å². The Bertz CT molecular complexity index is 550. The Labute approximate surface area is 101 Å². The van der Waals surface area contributed by atoms with Crippen LogP contribution < -0.4 is 0 Å². The van der Waals surface area contributed by atoms with Crippen LogP contribution >= 0.6 is 0 Å². The minimum absolute atomic E-state index is 0.130. The topological polar surface area (TPSA) is 50.9 Å². The van der Waals surface area contributed by atoms with Gasteiger partial charge in [0.15, 0.2) is 0 Å². The Morgan fingerprint density at radius 2 is 2.06 bits per heavy atom. The van der Waals surface area contributed by atoms with Crippen LogP contribution in [-0.4, -0.2) is 20.1 Å². The highest BCUT2D eigenvalue weighted by Crippen LogP contribution is 2.31. The number of benzene rings is 1. The maximum Gasteiger partial charge on any atom is 0.416 e. The van der Waals surface area contributed by atoms with Crippen molar-refractivity contribution < 1.29 is 18.3 Å². The number of alkyl halides is 3. The highest BCUT2D eigenvalue weighted by atomic mass is 19.4. The molecule has 0 aliphatic carbocycles. The fourth-order valence-corrected chi connectivity index (χ4v) is 1.54. The lowest BCUT2D eigenvalue weighted by atomic mass is 10.0. The molecule has 0 aliphatic rings. The van der Waals surface area contributed by atoms with Crippen molar-refractivity contribution in [3.8, 4) is 0 Å². The van der Waals surface area contributed by atoms with Crippen molar-refractivity contribution in [2.24, 2.45) is 7.05 Å². The molecule has 1 aromatic heterocycles. The molecule has 2 aromatic rings. The molecule has 4 nitrogen and oxygen atoms in total. The highest BCUT2D eigenvalue weighted by molar-refractivity contribution is 5.30. The van der Waals surface area contributed by atoms with Gasteiger partial charge in [-0.2, -0.15) is 28.2 Å². The second-order valence-electron chi connectivity index (χ2n) is 3.78. The zero-order chi connectivity index (χ0) is 13.3. The maximum absolute atomic E-state index is 12.5. The predicted molar refractivity (Wildman–Crippen MR) is 56.5 cm³/mol. The first kappa shape index (κ1) is 12.6. The van der Waals surface area contributed by atoms with Gasteiger partial charge in [0.1, 0.15) is 11.8 Å². The van der Waals surface area contributed by atoms with E-state index in [1.54, 1.807) is 7.05 Å². The molecule has 1 heterocycles. The van der Waals surface area contributed by atoms with Crippen LogP contribution in [-0.2, 0) is 13.2 Å². The second kappa shape index (κ2) is 4.41. The Hall–Kier alpha value is -1.89. The predicted octanol–water partition coefficient (Wildman–Crippen LogP) is 1.92. The van der Waals surface area contributed by atoms with Gasteiger partial charge in [-0.05, 0) is 17.7 Å². The van der Waals surface area contributed by atoms with Gasteiger partial charge in [0.25, 0.3) is 0 Å². The van der Waals surface area contributed by atoms with E-state index in [4.69, 9.17) is 0 Å². The van der Waals surface area contributed by atoms with Crippen LogP contribution in [0, 0.1) is 0 Å². The Kier molecular flexibility index (Phi) is 3.08. The minimum Gasteiger partial charge on any atom is -0.382 e. The van der Waals surface area contributed by atoms with E-state index < -0.39 is 17.8 Å². The van der Waals surface area contributed by atoms with E-state index in [1.165, 1.54) is 23.1 Å². The third-order valence-corrected chi connectivity index (χ3v) is 2.43. The van der Waals surface area contributed by atoms with Gasteiger partial charge in [-0.3, -0.25) is 0 Å².